The smallest absolute Gasteiger partial charge is 0.340 e. The Bertz CT molecular complexity index is 1140. The van der Waals surface area contributed by atoms with Crippen molar-refractivity contribution in [1.82, 2.24) is 0 Å². The Hall–Kier alpha value is -2.96. The molecule has 1 heterocycles. The highest BCUT2D eigenvalue weighted by molar-refractivity contribution is 6.35. The fourth-order valence-corrected chi connectivity index (χ4v) is 4.42. The summed E-state index contributed by atoms with van der Waals surface area (Å²) in [4.78, 5) is 25.3. The Kier molecular flexibility index (Phi) is 6.44. The van der Waals surface area contributed by atoms with Crippen LogP contribution >= 0.6 is 23.2 Å². The van der Waals surface area contributed by atoms with Gasteiger partial charge in [-0.05, 0) is 36.2 Å². The zero-order chi connectivity index (χ0) is 22.8. The van der Waals surface area contributed by atoms with Gasteiger partial charge in [-0.3, -0.25) is 4.79 Å². The average molecular weight is 474 g/mol. The lowest BCUT2D eigenvalue weighted by atomic mass is 9.77. The largest absolute Gasteiger partial charge is 0.489 e. The molecule has 2 aliphatic rings. The molecule has 166 valence electrons. The predicted molar refractivity (Wildman–Crippen MR) is 120 cm³/mol. The quantitative estimate of drug-likeness (QED) is 0.612. The molecule has 2 aromatic carbocycles. The first-order valence-electron chi connectivity index (χ1n) is 10.1. The van der Waals surface area contributed by atoms with E-state index in [-0.39, 0.29) is 23.8 Å². The molecular weight excluding hydrogens is 453 g/mol. The molecule has 4 rings (SSSR count). The molecule has 0 unspecified atom stereocenters. The van der Waals surface area contributed by atoms with E-state index in [4.69, 9.17) is 43.1 Å². The highest BCUT2D eigenvalue weighted by atomic mass is 35.5. The average Bonchev–Trinajstić information content (AvgIpc) is 2.78. The monoisotopic (exact) mass is 473 g/mol. The number of ether oxygens (including phenoxy) is 3. The number of ketones is 1. The van der Waals surface area contributed by atoms with Crippen LogP contribution in [0.2, 0.25) is 10.0 Å². The van der Waals surface area contributed by atoms with E-state index in [1.54, 1.807) is 42.5 Å². The van der Waals surface area contributed by atoms with E-state index >= 15 is 0 Å². The molecule has 2 aromatic rings. The normalized spacial score (nSPS) is 18.2. The third-order valence-electron chi connectivity index (χ3n) is 5.51. The van der Waals surface area contributed by atoms with E-state index in [1.807, 2.05) is 0 Å². The Morgan fingerprint density at radius 3 is 2.59 bits per heavy atom. The molecule has 1 atom stereocenters. The molecule has 0 saturated heterocycles. The number of Topliss-reactive ketones (excluding diaryl/α,β-unsaturated/α-hetero) is 1. The van der Waals surface area contributed by atoms with Gasteiger partial charge in [-0.2, -0.15) is 0 Å². The number of benzene rings is 2. The minimum atomic E-state index is -0.654. The van der Waals surface area contributed by atoms with Crippen LogP contribution < -0.4 is 10.5 Å². The molecule has 0 bridgehead atoms. The van der Waals surface area contributed by atoms with E-state index in [0.29, 0.717) is 46.4 Å². The highest BCUT2D eigenvalue weighted by Gasteiger charge is 2.41. The van der Waals surface area contributed by atoms with Gasteiger partial charge in [0.25, 0.3) is 0 Å². The maximum atomic E-state index is 12.8. The number of rotatable bonds is 5. The second kappa shape index (κ2) is 9.27. The van der Waals surface area contributed by atoms with Gasteiger partial charge in [0.05, 0.1) is 13.0 Å². The molecule has 2 N–H and O–H groups in total. The number of hydrogen-bond donors (Lipinski definition) is 1. The molecule has 32 heavy (non-hydrogen) atoms. The number of halogens is 2. The molecule has 1 aliphatic carbocycles. The van der Waals surface area contributed by atoms with Gasteiger partial charge < -0.3 is 19.9 Å². The number of hydrogen-bond acceptors (Lipinski definition) is 6. The first-order valence-corrected chi connectivity index (χ1v) is 10.8. The summed E-state index contributed by atoms with van der Waals surface area (Å²) in [5.74, 6) is -0.244. The SMILES string of the molecule is COC(=O)C1=C(N)OC2=C(C(=O)CCC2)[C@@H]1c1ccc(OCc2ccc(Cl)cc2Cl)cc1. The lowest BCUT2D eigenvalue weighted by molar-refractivity contribution is -0.136. The van der Waals surface area contributed by atoms with Crippen LogP contribution in [-0.4, -0.2) is 18.9 Å². The Morgan fingerprint density at radius 1 is 1.16 bits per heavy atom. The molecule has 8 heteroatoms. The van der Waals surface area contributed by atoms with Crippen molar-refractivity contribution in [2.45, 2.75) is 31.8 Å². The van der Waals surface area contributed by atoms with E-state index in [0.717, 1.165) is 11.1 Å². The topological polar surface area (TPSA) is 87.9 Å². The molecular formula is C24H21Cl2NO5. The fourth-order valence-electron chi connectivity index (χ4n) is 3.95. The number of carbonyl (C=O) groups excluding carboxylic acids is 2. The van der Waals surface area contributed by atoms with Crippen LogP contribution in [0.5, 0.6) is 5.75 Å². The number of methoxy groups -OCH3 is 1. The molecule has 0 aromatic heterocycles. The van der Waals surface area contributed by atoms with Crippen molar-refractivity contribution < 1.29 is 23.8 Å². The number of esters is 1. The van der Waals surface area contributed by atoms with E-state index in [1.165, 1.54) is 7.11 Å². The van der Waals surface area contributed by atoms with Crippen molar-refractivity contribution >= 4 is 35.0 Å². The summed E-state index contributed by atoms with van der Waals surface area (Å²) in [6.45, 7) is 0.265. The first kappa shape index (κ1) is 22.2. The van der Waals surface area contributed by atoms with Crippen LogP contribution in [0, 0.1) is 0 Å². The molecule has 6 nitrogen and oxygen atoms in total. The maximum absolute atomic E-state index is 12.8. The lowest BCUT2D eigenvalue weighted by Gasteiger charge is -2.32. The molecule has 0 spiro atoms. The van der Waals surface area contributed by atoms with E-state index in [2.05, 4.69) is 0 Å². The van der Waals surface area contributed by atoms with Gasteiger partial charge in [-0.15, -0.1) is 0 Å². The minimum absolute atomic E-state index is 0.0343. The van der Waals surface area contributed by atoms with Crippen molar-refractivity contribution in [3.8, 4) is 5.75 Å². The standard InChI is InChI=1S/C24H21Cl2NO5/c1-30-24(29)22-20(21-18(28)3-2-4-19(21)32-23(22)27)13-6-9-16(10-7-13)31-12-14-5-8-15(25)11-17(14)26/h5-11,20H,2-4,12,27H2,1H3/t20-/m0/s1. The molecule has 1 aliphatic heterocycles. The number of carbonyl (C=O) groups is 2. The van der Waals surface area contributed by atoms with Crippen LogP contribution in [0.1, 0.15) is 36.3 Å². The van der Waals surface area contributed by atoms with Gasteiger partial charge in [0.1, 0.15) is 23.7 Å². The van der Waals surface area contributed by atoms with Gasteiger partial charge in [0.15, 0.2) is 5.78 Å². The highest BCUT2D eigenvalue weighted by Crippen LogP contribution is 2.44. The van der Waals surface area contributed by atoms with E-state index < -0.39 is 11.9 Å². The van der Waals surface area contributed by atoms with Crippen LogP contribution in [0.15, 0.2) is 65.3 Å². The second-order valence-corrected chi connectivity index (χ2v) is 8.36. The maximum Gasteiger partial charge on any atom is 0.340 e. The molecule has 0 saturated carbocycles. The van der Waals surface area contributed by atoms with Crippen molar-refractivity contribution in [3.05, 3.63) is 86.4 Å². The molecule has 0 amide bonds. The van der Waals surface area contributed by atoms with Crippen LogP contribution in [0.4, 0.5) is 0 Å². The van der Waals surface area contributed by atoms with Crippen molar-refractivity contribution in [1.29, 1.82) is 0 Å². The van der Waals surface area contributed by atoms with Crippen LogP contribution in [0.3, 0.4) is 0 Å². The summed E-state index contributed by atoms with van der Waals surface area (Å²) in [7, 11) is 1.27. The van der Waals surface area contributed by atoms with E-state index in [9.17, 15) is 9.59 Å². The zero-order valence-corrected chi connectivity index (χ0v) is 18.8. The summed E-state index contributed by atoms with van der Waals surface area (Å²) < 4.78 is 16.4. The first-order chi connectivity index (χ1) is 15.4. The predicted octanol–water partition coefficient (Wildman–Crippen LogP) is 5.04. The van der Waals surface area contributed by atoms with Crippen molar-refractivity contribution in [2.75, 3.05) is 7.11 Å². The van der Waals surface area contributed by atoms with Crippen LogP contribution in [-0.2, 0) is 25.7 Å². The molecule has 0 radical (unpaired) electrons. The lowest BCUT2D eigenvalue weighted by Crippen LogP contribution is -2.31. The van der Waals surface area contributed by atoms with Gasteiger partial charge in [0, 0.05) is 34.0 Å². The number of nitrogens with two attached hydrogens (primary N) is 1. The Morgan fingerprint density at radius 2 is 1.91 bits per heavy atom. The Balaban J connectivity index is 1.62. The van der Waals surface area contributed by atoms with Gasteiger partial charge in [0.2, 0.25) is 5.88 Å². The van der Waals surface area contributed by atoms with Crippen molar-refractivity contribution in [3.63, 3.8) is 0 Å². The Labute approximate surface area is 195 Å². The summed E-state index contributed by atoms with van der Waals surface area (Å²) in [6.07, 6.45) is 1.68. The third kappa shape index (κ3) is 4.33. The number of allylic oxidation sites excluding steroid dienone is 2. The summed E-state index contributed by atoms with van der Waals surface area (Å²) in [5.41, 5.74) is 8.18. The summed E-state index contributed by atoms with van der Waals surface area (Å²) in [5, 5.41) is 1.08. The minimum Gasteiger partial charge on any atom is -0.489 e. The van der Waals surface area contributed by atoms with Gasteiger partial charge >= 0.3 is 5.97 Å². The summed E-state index contributed by atoms with van der Waals surface area (Å²) >= 11 is 12.1. The van der Waals surface area contributed by atoms with Crippen LogP contribution in [0.25, 0.3) is 0 Å². The van der Waals surface area contributed by atoms with Crippen molar-refractivity contribution in [2.24, 2.45) is 5.73 Å². The third-order valence-corrected chi connectivity index (χ3v) is 6.10. The fraction of sp³-hybridized carbons (Fsp3) is 0.250. The molecule has 0 fully saturated rings. The summed E-state index contributed by atoms with van der Waals surface area (Å²) in [6, 6.07) is 12.4. The van der Waals surface area contributed by atoms with Gasteiger partial charge in [-0.1, -0.05) is 41.4 Å². The second-order valence-electron chi connectivity index (χ2n) is 7.51. The zero-order valence-electron chi connectivity index (χ0n) is 17.3. The van der Waals surface area contributed by atoms with Gasteiger partial charge in [-0.25, -0.2) is 4.79 Å².